The molecule has 0 saturated heterocycles. The highest BCUT2D eigenvalue weighted by atomic mass is 19.1. The van der Waals surface area contributed by atoms with E-state index in [0.29, 0.717) is 0 Å². The summed E-state index contributed by atoms with van der Waals surface area (Å²) >= 11 is 0. The van der Waals surface area contributed by atoms with Gasteiger partial charge in [-0.2, -0.15) is 0 Å². The lowest BCUT2D eigenvalue weighted by atomic mass is 10.2. The van der Waals surface area contributed by atoms with Gasteiger partial charge in [-0.05, 0) is 17.7 Å². The molecular weight excluding hydrogens is 288 g/mol. The molecule has 0 aliphatic heterocycles. The van der Waals surface area contributed by atoms with Crippen LogP contribution in [0.5, 0.6) is 0 Å². The molecule has 0 atom stereocenters. The first-order valence-corrected chi connectivity index (χ1v) is 6.71. The summed E-state index contributed by atoms with van der Waals surface area (Å²) in [5.41, 5.74) is 1.14. The van der Waals surface area contributed by atoms with Gasteiger partial charge in [-0.1, -0.05) is 42.5 Å². The lowest BCUT2D eigenvalue weighted by Crippen LogP contribution is -2.24. The number of hydrogen-bond acceptors (Lipinski definition) is 2. The quantitative estimate of drug-likeness (QED) is 0.909. The van der Waals surface area contributed by atoms with Gasteiger partial charge in [-0.15, -0.1) is 0 Å². The fraction of sp³-hybridized carbons (Fsp3) is 0.118. The number of carbonyl (C=O) groups is 1. The summed E-state index contributed by atoms with van der Waals surface area (Å²) in [5, 5.41) is 2.51. The van der Waals surface area contributed by atoms with Crippen LogP contribution >= 0.6 is 0 Å². The number of nitrogens with one attached hydrogen (secondary N) is 1. The molecule has 1 amide bonds. The lowest BCUT2D eigenvalue weighted by Gasteiger charge is -2.05. The van der Waals surface area contributed by atoms with Crippen LogP contribution in [0.3, 0.4) is 0 Å². The van der Waals surface area contributed by atoms with Gasteiger partial charge in [0.05, 0.1) is 0 Å². The minimum Gasteiger partial charge on any atom is -0.445 e. The molecule has 5 heteroatoms. The van der Waals surface area contributed by atoms with Crippen molar-refractivity contribution in [1.82, 2.24) is 5.32 Å². The maximum Gasteiger partial charge on any atom is 0.407 e. The highest BCUT2D eigenvalue weighted by Crippen LogP contribution is 2.10. The van der Waals surface area contributed by atoms with E-state index in [2.05, 4.69) is 5.32 Å². The highest BCUT2D eigenvalue weighted by Gasteiger charge is 2.01. The molecule has 0 aliphatic rings. The zero-order valence-corrected chi connectivity index (χ0v) is 11.8. The van der Waals surface area contributed by atoms with Crippen LogP contribution in [-0.4, -0.2) is 12.6 Å². The van der Waals surface area contributed by atoms with Gasteiger partial charge < -0.3 is 10.1 Å². The molecule has 0 aromatic heterocycles. The van der Waals surface area contributed by atoms with Gasteiger partial charge in [0.2, 0.25) is 0 Å². The minimum absolute atomic E-state index is 0.184. The molecule has 0 aliphatic carbocycles. The number of halogens is 2. The number of hydrogen-bond donors (Lipinski definition) is 1. The van der Waals surface area contributed by atoms with Crippen molar-refractivity contribution >= 4 is 12.2 Å². The van der Waals surface area contributed by atoms with Gasteiger partial charge in [-0.3, -0.25) is 0 Å². The van der Waals surface area contributed by atoms with Crippen LogP contribution in [-0.2, 0) is 11.3 Å². The van der Waals surface area contributed by atoms with Gasteiger partial charge in [0, 0.05) is 18.2 Å². The summed E-state index contributed by atoms with van der Waals surface area (Å²) in [7, 11) is 0. The zero-order valence-electron chi connectivity index (χ0n) is 11.8. The Kier molecular flexibility index (Phi) is 5.65. The molecule has 2 aromatic carbocycles. The molecule has 3 nitrogen and oxygen atoms in total. The number of amides is 1. The molecule has 114 valence electrons. The third-order valence-electron chi connectivity index (χ3n) is 2.84. The predicted molar refractivity (Wildman–Crippen MR) is 80.0 cm³/mol. The Morgan fingerprint density at radius 2 is 1.91 bits per heavy atom. The van der Waals surface area contributed by atoms with Crippen molar-refractivity contribution in [2.45, 2.75) is 6.61 Å². The molecule has 0 unspecified atom stereocenters. The van der Waals surface area contributed by atoms with Crippen molar-refractivity contribution in [3.8, 4) is 0 Å². The maximum atomic E-state index is 13.3. The number of carbonyl (C=O) groups excluding carboxylic acids is 1. The van der Waals surface area contributed by atoms with Gasteiger partial charge in [0.25, 0.3) is 0 Å². The van der Waals surface area contributed by atoms with E-state index in [4.69, 9.17) is 4.74 Å². The molecule has 0 saturated carbocycles. The number of alkyl carbamates (subject to hydrolysis) is 1. The van der Waals surface area contributed by atoms with E-state index in [1.54, 1.807) is 6.08 Å². The van der Waals surface area contributed by atoms with Crippen LogP contribution < -0.4 is 5.32 Å². The molecular formula is C17H15F2NO2. The summed E-state index contributed by atoms with van der Waals surface area (Å²) in [6.07, 6.45) is 2.46. The van der Waals surface area contributed by atoms with Crippen molar-refractivity contribution in [3.05, 3.63) is 77.4 Å². The van der Waals surface area contributed by atoms with E-state index in [-0.39, 0.29) is 18.7 Å². The number of benzene rings is 2. The summed E-state index contributed by atoms with van der Waals surface area (Å²) in [6, 6.07) is 12.6. The fourth-order valence-corrected chi connectivity index (χ4v) is 1.74. The molecule has 0 radical (unpaired) electrons. The summed E-state index contributed by atoms with van der Waals surface area (Å²) < 4.78 is 31.1. The molecule has 22 heavy (non-hydrogen) atoms. The first kappa shape index (κ1) is 15.7. The minimum atomic E-state index is -0.650. The van der Waals surface area contributed by atoms with Crippen LogP contribution in [0.1, 0.15) is 11.1 Å². The highest BCUT2D eigenvalue weighted by molar-refractivity contribution is 5.67. The molecule has 2 rings (SSSR count). The monoisotopic (exact) mass is 303 g/mol. The topological polar surface area (TPSA) is 38.3 Å². The Balaban J connectivity index is 1.73. The third kappa shape index (κ3) is 5.01. The summed E-state index contributed by atoms with van der Waals surface area (Å²) in [6.45, 7) is 0.368. The van der Waals surface area contributed by atoms with Crippen molar-refractivity contribution in [2.24, 2.45) is 0 Å². The fourth-order valence-electron chi connectivity index (χ4n) is 1.74. The average molecular weight is 303 g/mol. The van der Waals surface area contributed by atoms with E-state index in [0.717, 1.165) is 11.6 Å². The largest absolute Gasteiger partial charge is 0.445 e. The van der Waals surface area contributed by atoms with Crippen LogP contribution in [0.2, 0.25) is 0 Å². The average Bonchev–Trinajstić information content (AvgIpc) is 2.52. The van der Waals surface area contributed by atoms with Gasteiger partial charge in [-0.25, -0.2) is 13.6 Å². The molecule has 0 bridgehead atoms. The number of rotatable bonds is 5. The van der Waals surface area contributed by atoms with Crippen LogP contribution in [0.15, 0.2) is 54.6 Å². The Morgan fingerprint density at radius 3 is 2.64 bits per heavy atom. The van der Waals surface area contributed by atoms with Crippen LogP contribution in [0.25, 0.3) is 6.08 Å². The Bertz CT molecular complexity index is 657. The van der Waals surface area contributed by atoms with E-state index >= 15 is 0 Å². The van der Waals surface area contributed by atoms with Gasteiger partial charge in [0.1, 0.15) is 18.2 Å². The first-order valence-electron chi connectivity index (χ1n) is 6.71. The van der Waals surface area contributed by atoms with Crippen molar-refractivity contribution in [1.29, 1.82) is 0 Å². The zero-order chi connectivity index (χ0) is 15.8. The second-order valence-corrected chi connectivity index (χ2v) is 4.51. The van der Waals surface area contributed by atoms with E-state index in [9.17, 15) is 13.6 Å². The Hall–Kier alpha value is -2.69. The predicted octanol–water partition coefficient (Wildman–Crippen LogP) is 3.90. The molecule has 0 fully saturated rings. The van der Waals surface area contributed by atoms with Crippen LogP contribution in [0.4, 0.5) is 13.6 Å². The van der Waals surface area contributed by atoms with Crippen molar-refractivity contribution < 1.29 is 18.3 Å². The smallest absolute Gasteiger partial charge is 0.407 e. The Morgan fingerprint density at radius 1 is 1.14 bits per heavy atom. The van der Waals surface area contributed by atoms with Crippen molar-refractivity contribution in [3.63, 3.8) is 0 Å². The standard InChI is InChI=1S/C17H15F2NO2/c18-15-9-8-14(16(19)11-15)7-4-10-20-17(21)22-12-13-5-2-1-3-6-13/h1-9,11H,10,12H2,(H,20,21). The lowest BCUT2D eigenvalue weighted by molar-refractivity contribution is 0.141. The summed E-state index contributed by atoms with van der Waals surface area (Å²) in [5.74, 6) is -1.28. The number of ether oxygens (including phenoxy) is 1. The second kappa shape index (κ2) is 7.93. The molecule has 0 heterocycles. The maximum absolute atomic E-state index is 13.3. The van der Waals surface area contributed by atoms with Crippen LogP contribution in [0, 0.1) is 11.6 Å². The third-order valence-corrected chi connectivity index (χ3v) is 2.84. The molecule has 1 N–H and O–H groups in total. The van der Waals surface area contributed by atoms with Gasteiger partial charge >= 0.3 is 6.09 Å². The SMILES string of the molecule is O=C(NCC=Cc1ccc(F)cc1F)OCc1ccccc1. The normalized spacial score (nSPS) is 10.6. The van der Waals surface area contributed by atoms with E-state index in [1.807, 2.05) is 30.3 Å². The molecule has 0 spiro atoms. The van der Waals surface area contributed by atoms with E-state index < -0.39 is 17.7 Å². The van der Waals surface area contributed by atoms with Gasteiger partial charge in [0.15, 0.2) is 0 Å². The van der Waals surface area contributed by atoms with Crippen molar-refractivity contribution in [2.75, 3.05) is 6.54 Å². The first-order chi connectivity index (χ1) is 10.6. The Labute approximate surface area is 127 Å². The molecule has 2 aromatic rings. The summed E-state index contributed by atoms with van der Waals surface area (Å²) in [4.78, 5) is 11.4. The van der Waals surface area contributed by atoms with E-state index in [1.165, 1.54) is 18.2 Å². The second-order valence-electron chi connectivity index (χ2n) is 4.51.